The van der Waals surface area contributed by atoms with E-state index in [-0.39, 0.29) is 5.91 Å². The number of carbonyl (C=O) groups excluding carboxylic acids is 1. The number of ether oxygens (including phenoxy) is 1. The lowest BCUT2D eigenvalue weighted by molar-refractivity contribution is 0.0939. The summed E-state index contributed by atoms with van der Waals surface area (Å²) >= 11 is 0. The number of nitriles is 1. The van der Waals surface area contributed by atoms with Crippen LogP contribution in [0.3, 0.4) is 0 Å². The summed E-state index contributed by atoms with van der Waals surface area (Å²) in [5.74, 6) is -0.223. The van der Waals surface area contributed by atoms with Crippen LogP contribution in [0.25, 0.3) is 0 Å². The highest BCUT2D eigenvalue weighted by Gasteiger charge is 2.08. The SMILES string of the molecule is CCOCCCNC(=O)c1ccc(C#N)c(C)n1. The fourth-order valence-corrected chi connectivity index (χ4v) is 1.42. The minimum Gasteiger partial charge on any atom is -0.382 e. The quantitative estimate of drug-likeness (QED) is 0.771. The molecular formula is C13H17N3O2. The fraction of sp³-hybridized carbons (Fsp3) is 0.462. The minimum atomic E-state index is -0.223. The van der Waals surface area contributed by atoms with Gasteiger partial charge < -0.3 is 10.1 Å². The first-order valence-corrected chi connectivity index (χ1v) is 5.92. The number of carbonyl (C=O) groups is 1. The van der Waals surface area contributed by atoms with Gasteiger partial charge in [-0.3, -0.25) is 4.79 Å². The van der Waals surface area contributed by atoms with Crippen molar-refractivity contribution in [3.63, 3.8) is 0 Å². The Kier molecular flexibility index (Phi) is 5.81. The molecule has 1 heterocycles. The first kappa shape index (κ1) is 14.1. The number of hydrogen-bond donors (Lipinski definition) is 1. The van der Waals surface area contributed by atoms with Gasteiger partial charge in [0.05, 0.1) is 11.3 Å². The second-order valence-corrected chi connectivity index (χ2v) is 3.75. The maximum atomic E-state index is 11.7. The van der Waals surface area contributed by atoms with E-state index in [4.69, 9.17) is 10.00 Å². The molecule has 0 aliphatic rings. The summed E-state index contributed by atoms with van der Waals surface area (Å²) in [4.78, 5) is 15.8. The Hall–Kier alpha value is -1.93. The Balaban J connectivity index is 2.47. The number of nitrogens with zero attached hydrogens (tertiary/aromatic N) is 2. The molecule has 1 aromatic heterocycles. The van der Waals surface area contributed by atoms with Crippen LogP contribution in [0.2, 0.25) is 0 Å². The van der Waals surface area contributed by atoms with Gasteiger partial charge in [-0.1, -0.05) is 0 Å². The Labute approximate surface area is 107 Å². The highest BCUT2D eigenvalue weighted by atomic mass is 16.5. The summed E-state index contributed by atoms with van der Waals surface area (Å²) in [6.07, 6.45) is 0.773. The standard InChI is InChI=1S/C13H17N3O2/c1-3-18-8-4-7-15-13(17)12-6-5-11(9-14)10(2)16-12/h5-6H,3-4,7-8H2,1-2H3,(H,15,17). The third-order valence-electron chi connectivity index (χ3n) is 2.39. The molecule has 0 fully saturated rings. The molecule has 0 aliphatic carbocycles. The number of amides is 1. The third-order valence-corrected chi connectivity index (χ3v) is 2.39. The molecule has 1 aromatic rings. The van der Waals surface area contributed by atoms with E-state index in [1.54, 1.807) is 19.1 Å². The summed E-state index contributed by atoms with van der Waals surface area (Å²) in [7, 11) is 0. The molecule has 5 heteroatoms. The van der Waals surface area contributed by atoms with E-state index in [1.165, 1.54) is 0 Å². The smallest absolute Gasteiger partial charge is 0.269 e. The molecule has 1 amide bonds. The van der Waals surface area contributed by atoms with E-state index in [2.05, 4.69) is 10.3 Å². The van der Waals surface area contributed by atoms with Crippen LogP contribution in [-0.4, -0.2) is 30.6 Å². The topological polar surface area (TPSA) is 75.0 Å². The highest BCUT2D eigenvalue weighted by Crippen LogP contribution is 2.05. The van der Waals surface area contributed by atoms with E-state index in [9.17, 15) is 4.79 Å². The monoisotopic (exact) mass is 247 g/mol. The lowest BCUT2D eigenvalue weighted by atomic mass is 10.2. The molecule has 0 unspecified atom stereocenters. The Bertz CT molecular complexity index is 452. The van der Waals surface area contributed by atoms with Crippen LogP contribution in [0.1, 0.15) is 35.1 Å². The summed E-state index contributed by atoms with van der Waals surface area (Å²) in [6, 6.07) is 5.18. The normalized spacial score (nSPS) is 9.83. The molecule has 0 saturated heterocycles. The van der Waals surface area contributed by atoms with Gasteiger partial charge in [0, 0.05) is 19.8 Å². The molecule has 18 heavy (non-hydrogen) atoms. The molecule has 0 spiro atoms. The van der Waals surface area contributed by atoms with Crippen molar-refractivity contribution in [2.45, 2.75) is 20.3 Å². The van der Waals surface area contributed by atoms with Gasteiger partial charge in [-0.2, -0.15) is 5.26 Å². The predicted molar refractivity (Wildman–Crippen MR) is 67.1 cm³/mol. The first-order chi connectivity index (χ1) is 8.69. The second-order valence-electron chi connectivity index (χ2n) is 3.75. The predicted octanol–water partition coefficient (Wildman–Crippen LogP) is 1.42. The average molecular weight is 247 g/mol. The van der Waals surface area contributed by atoms with Crippen LogP contribution >= 0.6 is 0 Å². The number of pyridine rings is 1. The van der Waals surface area contributed by atoms with E-state index >= 15 is 0 Å². The zero-order valence-corrected chi connectivity index (χ0v) is 10.7. The minimum absolute atomic E-state index is 0.223. The molecule has 5 nitrogen and oxygen atoms in total. The number of hydrogen-bond acceptors (Lipinski definition) is 4. The number of nitrogens with one attached hydrogen (secondary N) is 1. The van der Waals surface area contributed by atoms with Crippen LogP contribution in [0, 0.1) is 18.3 Å². The molecule has 1 rings (SSSR count). The van der Waals surface area contributed by atoms with Gasteiger partial charge in [0.25, 0.3) is 5.91 Å². The van der Waals surface area contributed by atoms with Gasteiger partial charge in [0.15, 0.2) is 0 Å². The van der Waals surface area contributed by atoms with Crippen molar-refractivity contribution in [2.24, 2.45) is 0 Å². The van der Waals surface area contributed by atoms with Gasteiger partial charge in [-0.15, -0.1) is 0 Å². The second kappa shape index (κ2) is 7.41. The largest absolute Gasteiger partial charge is 0.382 e. The molecule has 0 aromatic carbocycles. The number of rotatable bonds is 6. The van der Waals surface area contributed by atoms with Crippen molar-refractivity contribution in [1.29, 1.82) is 5.26 Å². The molecular weight excluding hydrogens is 230 g/mol. The van der Waals surface area contributed by atoms with Crippen molar-refractivity contribution in [3.05, 3.63) is 29.1 Å². The van der Waals surface area contributed by atoms with Gasteiger partial charge in [0.1, 0.15) is 11.8 Å². The first-order valence-electron chi connectivity index (χ1n) is 5.92. The Morgan fingerprint density at radius 3 is 2.94 bits per heavy atom. The van der Waals surface area contributed by atoms with E-state index in [0.29, 0.717) is 36.7 Å². The van der Waals surface area contributed by atoms with Crippen LogP contribution < -0.4 is 5.32 Å². The van der Waals surface area contributed by atoms with Crippen molar-refractivity contribution >= 4 is 5.91 Å². The van der Waals surface area contributed by atoms with E-state index in [0.717, 1.165) is 6.42 Å². The highest BCUT2D eigenvalue weighted by molar-refractivity contribution is 5.92. The summed E-state index contributed by atoms with van der Waals surface area (Å²) in [6.45, 7) is 5.52. The maximum absolute atomic E-state index is 11.7. The van der Waals surface area contributed by atoms with Crippen LogP contribution in [-0.2, 0) is 4.74 Å². The average Bonchev–Trinajstić information content (AvgIpc) is 2.38. The molecule has 96 valence electrons. The molecule has 0 bridgehead atoms. The van der Waals surface area contributed by atoms with Gasteiger partial charge >= 0.3 is 0 Å². The van der Waals surface area contributed by atoms with Gasteiger partial charge in [-0.05, 0) is 32.4 Å². The third kappa shape index (κ3) is 4.15. The lowest BCUT2D eigenvalue weighted by Crippen LogP contribution is -2.26. The lowest BCUT2D eigenvalue weighted by Gasteiger charge is -2.05. The zero-order chi connectivity index (χ0) is 13.4. The Morgan fingerprint density at radius 1 is 1.56 bits per heavy atom. The molecule has 0 radical (unpaired) electrons. The molecule has 0 saturated carbocycles. The maximum Gasteiger partial charge on any atom is 0.269 e. The molecule has 1 N–H and O–H groups in total. The van der Waals surface area contributed by atoms with Crippen LogP contribution in [0.5, 0.6) is 0 Å². The molecule has 0 atom stereocenters. The van der Waals surface area contributed by atoms with Gasteiger partial charge in [0.2, 0.25) is 0 Å². The van der Waals surface area contributed by atoms with Gasteiger partial charge in [-0.25, -0.2) is 4.98 Å². The zero-order valence-electron chi connectivity index (χ0n) is 10.7. The molecule has 0 aliphatic heterocycles. The summed E-state index contributed by atoms with van der Waals surface area (Å²) in [5.41, 5.74) is 1.39. The van der Waals surface area contributed by atoms with Crippen LogP contribution in [0.15, 0.2) is 12.1 Å². The summed E-state index contributed by atoms with van der Waals surface area (Å²) < 4.78 is 5.17. The van der Waals surface area contributed by atoms with Crippen molar-refractivity contribution in [1.82, 2.24) is 10.3 Å². The van der Waals surface area contributed by atoms with E-state index in [1.807, 2.05) is 13.0 Å². The number of aromatic nitrogens is 1. The van der Waals surface area contributed by atoms with Crippen molar-refractivity contribution in [2.75, 3.05) is 19.8 Å². The van der Waals surface area contributed by atoms with Crippen LogP contribution in [0.4, 0.5) is 0 Å². The van der Waals surface area contributed by atoms with E-state index < -0.39 is 0 Å². The summed E-state index contributed by atoms with van der Waals surface area (Å²) in [5, 5.41) is 11.5. The number of aryl methyl sites for hydroxylation is 1. The van der Waals surface area contributed by atoms with Crippen molar-refractivity contribution in [3.8, 4) is 6.07 Å². The fourth-order valence-electron chi connectivity index (χ4n) is 1.42. The Morgan fingerprint density at radius 2 is 2.33 bits per heavy atom. The van der Waals surface area contributed by atoms with Crippen molar-refractivity contribution < 1.29 is 9.53 Å².